The molecule has 3 N–H and O–H groups in total. The van der Waals surface area contributed by atoms with Gasteiger partial charge in [-0.2, -0.15) is 13.2 Å². The van der Waals surface area contributed by atoms with Crippen molar-refractivity contribution in [3.05, 3.63) is 59.7 Å². The maximum atomic E-state index is 11.4. The second-order valence-electron chi connectivity index (χ2n) is 8.90. The fraction of sp³-hybridized carbons (Fsp3) is 0.444. The molecule has 0 amide bonds. The number of nitrogens with one attached hydrogen (secondary N) is 1. The molecule has 1 unspecified atom stereocenters. The van der Waals surface area contributed by atoms with Gasteiger partial charge >= 0.3 is 18.1 Å². The molecule has 214 valence electrons. The van der Waals surface area contributed by atoms with Crippen molar-refractivity contribution in [3.63, 3.8) is 0 Å². The highest BCUT2D eigenvalue weighted by molar-refractivity contribution is 5.96. The zero-order chi connectivity index (χ0) is 29.0. The Bertz CT molecular complexity index is 1130. The van der Waals surface area contributed by atoms with Gasteiger partial charge in [-0.3, -0.25) is 4.99 Å². The zero-order valence-electron chi connectivity index (χ0n) is 22.2. The molecule has 1 heterocycles. The SMILES string of the molecule is CCOCCCN=C(Nc1cccc(C(=O)O)c1)N1CCN(c2cccc(C)c2)C(C)C1.O=C(O)C(F)(F)F. The van der Waals surface area contributed by atoms with Crippen LogP contribution in [-0.4, -0.2) is 84.6 Å². The van der Waals surface area contributed by atoms with Crippen LogP contribution in [0.3, 0.4) is 0 Å². The first-order valence-corrected chi connectivity index (χ1v) is 12.5. The van der Waals surface area contributed by atoms with Crippen molar-refractivity contribution in [2.75, 3.05) is 49.6 Å². The number of carbonyl (C=O) groups is 2. The predicted octanol–water partition coefficient (Wildman–Crippen LogP) is 4.73. The molecule has 0 aromatic heterocycles. The number of piperazine rings is 1. The third kappa shape index (κ3) is 10.5. The van der Waals surface area contributed by atoms with Crippen molar-refractivity contribution in [3.8, 4) is 0 Å². The van der Waals surface area contributed by atoms with Crippen molar-refractivity contribution in [1.82, 2.24) is 4.90 Å². The Morgan fingerprint density at radius 1 is 1.13 bits per heavy atom. The molecule has 0 radical (unpaired) electrons. The van der Waals surface area contributed by atoms with Crippen LogP contribution in [0.1, 0.15) is 36.2 Å². The van der Waals surface area contributed by atoms with Gasteiger partial charge in [0, 0.05) is 56.8 Å². The standard InChI is InChI=1S/C25H34N4O3.C2HF3O2/c1-4-32-15-7-12-26-25(27-22-10-6-9-21(17-22)24(30)31)28-13-14-29(20(3)18-28)23-11-5-8-19(2)16-23;3-2(4,5)1(6)7/h5-6,8-11,16-17,20H,4,7,12-15,18H2,1-3H3,(H,26,27)(H,30,31);(H,6,7). The molecule has 2 aromatic rings. The van der Waals surface area contributed by atoms with Gasteiger partial charge in [0.1, 0.15) is 0 Å². The lowest BCUT2D eigenvalue weighted by Gasteiger charge is -2.42. The van der Waals surface area contributed by atoms with Gasteiger partial charge < -0.3 is 30.1 Å². The van der Waals surface area contributed by atoms with Crippen LogP contribution >= 0.6 is 0 Å². The van der Waals surface area contributed by atoms with E-state index in [1.54, 1.807) is 18.2 Å². The maximum Gasteiger partial charge on any atom is 0.490 e. The highest BCUT2D eigenvalue weighted by Gasteiger charge is 2.38. The minimum absolute atomic E-state index is 0.253. The number of aryl methyl sites for hydroxylation is 1. The molecule has 2 aromatic carbocycles. The monoisotopic (exact) mass is 552 g/mol. The molecular weight excluding hydrogens is 517 g/mol. The van der Waals surface area contributed by atoms with Crippen LogP contribution in [0.5, 0.6) is 0 Å². The number of ether oxygens (including phenoxy) is 1. The van der Waals surface area contributed by atoms with Gasteiger partial charge in [0.05, 0.1) is 5.56 Å². The van der Waals surface area contributed by atoms with Crippen LogP contribution in [0.25, 0.3) is 0 Å². The summed E-state index contributed by atoms with van der Waals surface area (Å²) in [6, 6.07) is 15.8. The van der Waals surface area contributed by atoms with Crippen LogP contribution in [0.2, 0.25) is 0 Å². The van der Waals surface area contributed by atoms with Crippen molar-refractivity contribution in [2.45, 2.75) is 39.4 Å². The zero-order valence-corrected chi connectivity index (χ0v) is 22.2. The smallest absolute Gasteiger partial charge is 0.478 e. The molecule has 0 spiro atoms. The van der Waals surface area contributed by atoms with E-state index in [0.29, 0.717) is 25.8 Å². The molecule has 1 aliphatic heterocycles. The Kier molecular flexibility index (Phi) is 12.1. The lowest BCUT2D eigenvalue weighted by atomic mass is 10.1. The number of guanidine groups is 1. The summed E-state index contributed by atoms with van der Waals surface area (Å²) in [7, 11) is 0. The Balaban J connectivity index is 0.000000673. The lowest BCUT2D eigenvalue weighted by Crippen LogP contribution is -2.55. The van der Waals surface area contributed by atoms with Crippen LogP contribution in [0.15, 0.2) is 53.5 Å². The van der Waals surface area contributed by atoms with E-state index in [4.69, 9.17) is 19.6 Å². The number of nitrogens with zero attached hydrogens (tertiary/aromatic N) is 3. The lowest BCUT2D eigenvalue weighted by molar-refractivity contribution is -0.192. The van der Waals surface area contributed by atoms with E-state index in [1.165, 1.54) is 11.3 Å². The molecule has 12 heteroatoms. The summed E-state index contributed by atoms with van der Waals surface area (Å²) < 4.78 is 37.2. The van der Waals surface area contributed by atoms with E-state index in [1.807, 2.05) is 13.0 Å². The summed E-state index contributed by atoms with van der Waals surface area (Å²) in [6.45, 7) is 10.9. The topological polar surface area (TPSA) is 115 Å². The quantitative estimate of drug-likeness (QED) is 0.245. The molecule has 1 atom stereocenters. The number of benzene rings is 2. The summed E-state index contributed by atoms with van der Waals surface area (Å²) in [5.41, 5.74) is 3.48. The van der Waals surface area contributed by atoms with E-state index in [-0.39, 0.29) is 5.56 Å². The number of aromatic carboxylic acids is 1. The number of carboxylic acid groups (broad SMARTS) is 2. The Hall–Kier alpha value is -3.80. The Morgan fingerprint density at radius 2 is 1.82 bits per heavy atom. The molecule has 1 aliphatic rings. The number of rotatable bonds is 8. The second kappa shape index (κ2) is 15.0. The first kappa shape index (κ1) is 31.4. The summed E-state index contributed by atoms with van der Waals surface area (Å²) >= 11 is 0. The Morgan fingerprint density at radius 3 is 2.41 bits per heavy atom. The first-order valence-electron chi connectivity index (χ1n) is 12.5. The van der Waals surface area contributed by atoms with Crippen molar-refractivity contribution in [1.29, 1.82) is 0 Å². The number of aliphatic carboxylic acids is 1. The number of hydrogen-bond acceptors (Lipinski definition) is 5. The predicted molar refractivity (Wildman–Crippen MR) is 144 cm³/mol. The molecule has 39 heavy (non-hydrogen) atoms. The van der Waals surface area contributed by atoms with Crippen LogP contribution in [0.4, 0.5) is 24.5 Å². The van der Waals surface area contributed by atoms with Gasteiger partial charge in [0.25, 0.3) is 0 Å². The van der Waals surface area contributed by atoms with Gasteiger partial charge in [-0.25, -0.2) is 9.59 Å². The fourth-order valence-corrected chi connectivity index (χ4v) is 3.91. The van der Waals surface area contributed by atoms with Gasteiger partial charge in [0.15, 0.2) is 5.96 Å². The number of hydrogen-bond donors (Lipinski definition) is 3. The van der Waals surface area contributed by atoms with Crippen molar-refractivity contribution >= 4 is 29.3 Å². The summed E-state index contributed by atoms with van der Waals surface area (Å²) in [4.78, 5) is 29.8. The van der Waals surface area contributed by atoms with Gasteiger partial charge in [-0.15, -0.1) is 0 Å². The van der Waals surface area contributed by atoms with E-state index in [2.05, 4.69) is 53.2 Å². The highest BCUT2D eigenvalue weighted by atomic mass is 19.4. The number of aliphatic imine (C=N–C) groups is 1. The summed E-state index contributed by atoms with van der Waals surface area (Å²) in [5, 5.41) is 19.8. The number of halogens is 3. The van der Waals surface area contributed by atoms with E-state index in [9.17, 15) is 23.1 Å². The van der Waals surface area contributed by atoms with Gasteiger partial charge in [0.2, 0.25) is 0 Å². The molecule has 9 nitrogen and oxygen atoms in total. The van der Waals surface area contributed by atoms with Crippen LogP contribution < -0.4 is 10.2 Å². The average molecular weight is 553 g/mol. The highest BCUT2D eigenvalue weighted by Crippen LogP contribution is 2.22. The van der Waals surface area contributed by atoms with Gasteiger partial charge in [-0.1, -0.05) is 18.2 Å². The largest absolute Gasteiger partial charge is 0.490 e. The van der Waals surface area contributed by atoms with Gasteiger partial charge in [-0.05, 0) is 63.1 Å². The Labute approximate surface area is 225 Å². The maximum absolute atomic E-state index is 11.4. The molecule has 0 bridgehead atoms. The van der Waals surface area contributed by atoms with E-state index in [0.717, 1.165) is 37.7 Å². The minimum atomic E-state index is -5.08. The number of carboxylic acids is 2. The second-order valence-corrected chi connectivity index (χ2v) is 8.90. The molecular formula is C27H35F3N4O5. The molecule has 1 fully saturated rings. The van der Waals surface area contributed by atoms with Crippen LogP contribution in [-0.2, 0) is 9.53 Å². The minimum Gasteiger partial charge on any atom is -0.478 e. The average Bonchev–Trinajstić information content (AvgIpc) is 2.87. The number of anilines is 2. The fourth-order valence-electron chi connectivity index (χ4n) is 3.91. The van der Waals surface area contributed by atoms with E-state index >= 15 is 0 Å². The number of alkyl halides is 3. The van der Waals surface area contributed by atoms with Crippen LogP contribution in [0, 0.1) is 6.92 Å². The third-order valence-corrected chi connectivity index (χ3v) is 5.78. The molecule has 0 aliphatic carbocycles. The third-order valence-electron chi connectivity index (χ3n) is 5.78. The normalized spacial score (nSPS) is 15.8. The summed E-state index contributed by atoms with van der Waals surface area (Å²) in [6.07, 6.45) is -4.24. The van der Waals surface area contributed by atoms with Crippen molar-refractivity contribution in [2.24, 2.45) is 4.99 Å². The van der Waals surface area contributed by atoms with Crippen molar-refractivity contribution < 1.29 is 37.7 Å². The summed E-state index contributed by atoms with van der Waals surface area (Å²) in [5.74, 6) is -2.92. The first-order chi connectivity index (χ1) is 18.4. The van der Waals surface area contributed by atoms with E-state index < -0.39 is 18.1 Å². The molecule has 1 saturated heterocycles. The molecule has 0 saturated carbocycles. The molecule has 3 rings (SSSR count).